The van der Waals surface area contributed by atoms with E-state index in [1.54, 1.807) is 12.3 Å². The molecule has 0 unspecified atom stereocenters. The van der Waals surface area contributed by atoms with Crippen LogP contribution < -0.4 is 15.1 Å². The molecule has 4 rings (SSSR count). The number of hydrogen-bond acceptors (Lipinski definition) is 5. The number of hydrogen-bond donors (Lipinski definition) is 1. The Bertz CT molecular complexity index is 950. The fraction of sp³-hybridized carbons (Fsp3) is 0.238. The van der Waals surface area contributed by atoms with Crippen molar-refractivity contribution in [2.45, 2.75) is 6.92 Å². The van der Waals surface area contributed by atoms with Gasteiger partial charge in [0.05, 0.1) is 0 Å². The molecule has 7 heteroatoms. The molecule has 1 N–H and O–H groups in total. The average Bonchev–Trinajstić information content (AvgIpc) is 2.71. The van der Waals surface area contributed by atoms with Crippen molar-refractivity contribution in [3.8, 4) is 0 Å². The lowest BCUT2D eigenvalue weighted by atomic mass is 10.2. The van der Waals surface area contributed by atoms with Crippen molar-refractivity contribution in [3.05, 3.63) is 71.9 Å². The molecule has 0 aliphatic carbocycles. The Balaban J connectivity index is 1.45. The molecule has 1 aliphatic rings. The standard InChI is InChI=1S/C21H21F2N5/c1-15-4-2-5-16(14-15)27-10-12-28(13-11-27)21-24-9-8-19(26-21)25-20-17(22)6-3-7-18(20)23/h2-9,14H,10-13H2,1H3,(H,24,25,26). The van der Waals surface area contributed by atoms with Crippen LogP contribution in [-0.4, -0.2) is 36.1 Å². The Labute approximate surface area is 162 Å². The van der Waals surface area contributed by atoms with Gasteiger partial charge in [0, 0.05) is 38.1 Å². The average molecular weight is 381 g/mol. The lowest BCUT2D eigenvalue weighted by molar-refractivity contribution is 0.590. The van der Waals surface area contributed by atoms with Gasteiger partial charge < -0.3 is 15.1 Å². The first-order chi connectivity index (χ1) is 13.6. The Morgan fingerprint density at radius 3 is 2.29 bits per heavy atom. The van der Waals surface area contributed by atoms with Gasteiger partial charge in [-0.05, 0) is 42.8 Å². The van der Waals surface area contributed by atoms with Gasteiger partial charge in [-0.1, -0.05) is 18.2 Å². The number of rotatable bonds is 4. The molecule has 1 fully saturated rings. The predicted molar refractivity (Wildman–Crippen MR) is 107 cm³/mol. The van der Waals surface area contributed by atoms with Crippen molar-refractivity contribution in [2.24, 2.45) is 0 Å². The molecule has 0 bridgehead atoms. The second kappa shape index (κ2) is 7.80. The lowest BCUT2D eigenvalue weighted by Crippen LogP contribution is -2.47. The van der Waals surface area contributed by atoms with E-state index < -0.39 is 11.6 Å². The zero-order chi connectivity index (χ0) is 19.5. The highest BCUT2D eigenvalue weighted by atomic mass is 19.1. The van der Waals surface area contributed by atoms with Crippen LogP contribution in [0.2, 0.25) is 0 Å². The van der Waals surface area contributed by atoms with E-state index >= 15 is 0 Å². The van der Waals surface area contributed by atoms with Crippen LogP contribution in [0.1, 0.15) is 5.56 Å². The maximum absolute atomic E-state index is 13.9. The summed E-state index contributed by atoms with van der Waals surface area (Å²) in [6.07, 6.45) is 1.59. The van der Waals surface area contributed by atoms with E-state index in [4.69, 9.17) is 0 Å². The molecule has 0 radical (unpaired) electrons. The normalized spacial score (nSPS) is 14.2. The molecule has 1 aliphatic heterocycles. The van der Waals surface area contributed by atoms with Gasteiger partial charge in [-0.25, -0.2) is 13.8 Å². The number of benzene rings is 2. The first-order valence-corrected chi connectivity index (χ1v) is 9.21. The van der Waals surface area contributed by atoms with Crippen LogP contribution in [0.3, 0.4) is 0 Å². The third-order valence-electron chi connectivity index (χ3n) is 4.79. The van der Waals surface area contributed by atoms with Crippen molar-refractivity contribution in [2.75, 3.05) is 41.3 Å². The van der Waals surface area contributed by atoms with Crippen molar-refractivity contribution < 1.29 is 8.78 Å². The second-order valence-corrected chi connectivity index (χ2v) is 6.78. The van der Waals surface area contributed by atoms with E-state index in [-0.39, 0.29) is 5.69 Å². The van der Waals surface area contributed by atoms with Gasteiger partial charge in [0.1, 0.15) is 23.1 Å². The quantitative estimate of drug-likeness (QED) is 0.736. The van der Waals surface area contributed by atoms with E-state index in [1.807, 2.05) is 0 Å². The van der Waals surface area contributed by atoms with Crippen molar-refractivity contribution in [1.29, 1.82) is 0 Å². The third kappa shape index (κ3) is 3.88. The lowest BCUT2D eigenvalue weighted by Gasteiger charge is -2.36. The van der Waals surface area contributed by atoms with E-state index in [9.17, 15) is 8.78 Å². The smallest absolute Gasteiger partial charge is 0.227 e. The highest BCUT2D eigenvalue weighted by Crippen LogP contribution is 2.24. The summed E-state index contributed by atoms with van der Waals surface area (Å²) in [7, 11) is 0. The summed E-state index contributed by atoms with van der Waals surface area (Å²) < 4.78 is 27.7. The number of nitrogens with zero attached hydrogens (tertiary/aromatic N) is 4. The predicted octanol–water partition coefficient (Wildman–Crippen LogP) is 4.13. The van der Waals surface area contributed by atoms with Crippen molar-refractivity contribution >= 4 is 23.1 Å². The number of nitrogens with one attached hydrogen (secondary N) is 1. The highest BCUT2D eigenvalue weighted by Gasteiger charge is 2.20. The van der Waals surface area contributed by atoms with Gasteiger partial charge in [0.15, 0.2) is 0 Å². The number of piperazine rings is 1. The summed E-state index contributed by atoms with van der Waals surface area (Å²) in [6, 6.07) is 13.8. The maximum atomic E-state index is 13.9. The maximum Gasteiger partial charge on any atom is 0.227 e. The highest BCUT2D eigenvalue weighted by molar-refractivity contribution is 5.58. The van der Waals surface area contributed by atoms with Crippen LogP contribution >= 0.6 is 0 Å². The summed E-state index contributed by atoms with van der Waals surface area (Å²) in [4.78, 5) is 13.2. The number of halogens is 2. The van der Waals surface area contributed by atoms with E-state index in [1.165, 1.54) is 29.4 Å². The van der Waals surface area contributed by atoms with Crippen LogP contribution in [0, 0.1) is 18.6 Å². The second-order valence-electron chi connectivity index (χ2n) is 6.78. The zero-order valence-electron chi connectivity index (χ0n) is 15.6. The summed E-state index contributed by atoms with van der Waals surface area (Å²) in [6.45, 7) is 5.33. The molecule has 2 aromatic carbocycles. The first kappa shape index (κ1) is 18.2. The summed E-state index contributed by atoms with van der Waals surface area (Å²) >= 11 is 0. The molecule has 0 amide bonds. The Morgan fingerprint density at radius 2 is 1.57 bits per heavy atom. The molecule has 1 saturated heterocycles. The van der Waals surface area contributed by atoms with Gasteiger partial charge in [0.25, 0.3) is 0 Å². The SMILES string of the molecule is Cc1cccc(N2CCN(c3nccc(Nc4c(F)cccc4F)n3)CC2)c1. The minimum Gasteiger partial charge on any atom is -0.368 e. The molecule has 3 aromatic rings. The number of anilines is 4. The fourth-order valence-corrected chi connectivity index (χ4v) is 3.31. The third-order valence-corrected chi connectivity index (χ3v) is 4.79. The molecule has 1 aromatic heterocycles. The van der Waals surface area contributed by atoms with Crippen LogP contribution in [0.4, 0.5) is 31.9 Å². The van der Waals surface area contributed by atoms with Gasteiger partial charge in [-0.3, -0.25) is 0 Å². The fourth-order valence-electron chi connectivity index (χ4n) is 3.31. The van der Waals surface area contributed by atoms with E-state index in [0.29, 0.717) is 11.8 Å². The molecule has 5 nitrogen and oxygen atoms in total. The van der Waals surface area contributed by atoms with E-state index in [0.717, 1.165) is 26.2 Å². The Kier molecular flexibility index (Phi) is 5.06. The molecule has 2 heterocycles. The summed E-state index contributed by atoms with van der Waals surface area (Å²) in [5, 5.41) is 2.72. The number of aryl methyl sites for hydroxylation is 1. The first-order valence-electron chi connectivity index (χ1n) is 9.21. The van der Waals surface area contributed by atoms with Gasteiger partial charge >= 0.3 is 0 Å². The van der Waals surface area contributed by atoms with Gasteiger partial charge in [-0.15, -0.1) is 0 Å². The molecule has 0 spiro atoms. The molecular weight excluding hydrogens is 360 g/mol. The summed E-state index contributed by atoms with van der Waals surface area (Å²) in [5.41, 5.74) is 2.24. The minimum absolute atomic E-state index is 0.212. The molecular formula is C21H21F2N5. The Morgan fingerprint density at radius 1 is 0.893 bits per heavy atom. The van der Waals surface area contributed by atoms with Crippen LogP contribution in [0.15, 0.2) is 54.7 Å². The van der Waals surface area contributed by atoms with Gasteiger partial charge in [0.2, 0.25) is 5.95 Å². The Hall–Kier alpha value is -3.22. The number of para-hydroxylation sites is 1. The molecule has 0 atom stereocenters. The monoisotopic (exact) mass is 381 g/mol. The molecule has 28 heavy (non-hydrogen) atoms. The van der Waals surface area contributed by atoms with Gasteiger partial charge in [-0.2, -0.15) is 4.98 Å². The number of aromatic nitrogens is 2. The topological polar surface area (TPSA) is 44.3 Å². The van der Waals surface area contributed by atoms with Crippen molar-refractivity contribution in [1.82, 2.24) is 9.97 Å². The molecule has 0 saturated carbocycles. The van der Waals surface area contributed by atoms with Crippen LogP contribution in [-0.2, 0) is 0 Å². The van der Waals surface area contributed by atoms with Crippen LogP contribution in [0.25, 0.3) is 0 Å². The van der Waals surface area contributed by atoms with Crippen molar-refractivity contribution in [3.63, 3.8) is 0 Å². The zero-order valence-corrected chi connectivity index (χ0v) is 15.6. The van der Waals surface area contributed by atoms with Crippen LogP contribution in [0.5, 0.6) is 0 Å². The largest absolute Gasteiger partial charge is 0.368 e. The summed E-state index contributed by atoms with van der Waals surface area (Å²) in [5.74, 6) is -0.417. The minimum atomic E-state index is -0.660. The molecule has 144 valence electrons. The van der Waals surface area contributed by atoms with E-state index in [2.05, 4.69) is 56.3 Å².